The normalized spacial score (nSPS) is 35.1. The van der Waals surface area contributed by atoms with E-state index < -0.39 is 6.17 Å². The minimum absolute atomic E-state index is 0.134. The molecule has 0 spiro atoms. The Bertz CT molecular complexity index is 102. The second-order valence-electron chi connectivity index (χ2n) is 2.69. The van der Waals surface area contributed by atoms with Crippen LogP contribution in [0.15, 0.2) is 0 Å². The van der Waals surface area contributed by atoms with Gasteiger partial charge in [0.1, 0.15) is 6.17 Å². The van der Waals surface area contributed by atoms with Crippen LogP contribution in [0.1, 0.15) is 6.42 Å². The third-order valence-electron chi connectivity index (χ3n) is 2.01. The lowest BCUT2D eigenvalue weighted by molar-refractivity contribution is 0.0637. The molecule has 0 saturated carbocycles. The lowest BCUT2D eigenvalue weighted by Crippen LogP contribution is -2.35. The van der Waals surface area contributed by atoms with Crippen molar-refractivity contribution >= 4 is 0 Å². The summed E-state index contributed by atoms with van der Waals surface area (Å²) in [7, 11) is 1.88. The number of nitrogens with two attached hydrogens (primary N) is 1. The second kappa shape index (κ2) is 3.27. The molecule has 0 amide bonds. The lowest BCUT2D eigenvalue weighted by atomic mass is 10.2. The smallest absolute Gasteiger partial charge is 0.119 e. The fourth-order valence-electron chi connectivity index (χ4n) is 1.29. The van der Waals surface area contributed by atoms with Crippen molar-refractivity contribution in [3.63, 3.8) is 0 Å². The third-order valence-corrected chi connectivity index (χ3v) is 2.01. The van der Waals surface area contributed by atoms with E-state index in [2.05, 4.69) is 4.84 Å². The first kappa shape index (κ1) is 7.91. The molecule has 1 aliphatic rings. The van der Waals surface area contributed by atoms with Crippen LogP contribution in [0.3, 0.4) is 0 Å². The van der Waals surface area contributed by atoms with Gasteiger partial charge in [-0.15, -0.1) is 0 Å². The number of halogens is 1. The Morgan fingerprint density at radius 1 is 1.80 bits per heavy atom. The molecule has 0 aliphatic carbocycles. The van der Waals surface area contributed by atoms with Gasteiger partial charge in [0.2, 0.25) is 0 Å². The Morgan fingerprint density at radius 2 is 2.50 bits per heavy atom. The summed E-state index contributed by atoms with van der Waals surface area (Å²) in [5, 5.41) is 0. The average molecular weight is 148 g/mol. The molecule has 0 bridgehead atoms. The molecule has 60 valence electrons. The van der Waals surface area contributed by atoms with Crippen LogP contribution in [0.25, 0.3) is 0 Å². The topological polar surface area (TPSA) is 38.5 Å². The van der Waals surface area contributed by atoms with Crippen molar-refractivity contribution in [1.82, 2.24) is 4.90 Å². The van der Waals surface area contributed by atoms with Crippen LogP contribution in [0, 0.1) is 0 Å². The Balaban J connectivity index is 2.38. The molecule has 0 radical (unpaired) electrons. The van der Waals surface area contributed by atoms with Crippen molar-refractivity contribution in [1.29, 1.82) is 0 Å². The van der Waals surface area contributed by atoms with Gasteiger partial charge in [-0.2, -0.15) is 0 Å². The number of likely N-dealkylation sites (N-methyl/N-ethyl adjacent to an activating group) is 1. The highest BCUT2D eigenvalue weighted by Crippen LogP contribution is 2.18. The molecule has 2 unspecified atom stereocenters. The van der Waals surface area contributed by atoms with E-state index in [1.54, 1.807) is 0 Å². The molecule has 1 rings (SSSR count). The first-order valence-corrected chi connectivity index (χ1v) is 3.41. The van der Waals surface area contributed by atoms with Gasteiger partial charge in [0.15, 0.2) is 0 Å². The van der Waals surface area contributed by atoms with E-state index >= 15 is 0 Å². The lowest BCUT2D eigenvalue weighted by Gasteiger charge is -2.18. The number of hydrogen-bond donors (Lipinski definition) is 1. The standard InChI is InChI=1S/C6H13FN2O/c1-9-3-2-5(7)6(9)4-10-8/h5-6H,2-4,8H2,1H3. The Kier molecular flexibility index (Phi) is 2.59. The predicted octanol–water partition coefficient (Wildman–Crippen LogP) is -0.0811. The average Bonchev–Trinajstić information content (AvgIpc) is 2.20. The number of likely N-dealkylation sites (tertiary alicyclic amines) is 1. The zero-order valence-corrected chi connectivity index (χ0v) is 6.09. The molecule has 0 aromatic carbocycles. The molecular formula is C6H13FN2O. The van der Waals surface area contributed by atoms with Crippen molar-refractivity contribution in [3.8, 4) is 0 Å². The van der Waals surface area contributed by atoms with Crippen LogP contribution >= 0.6 is 0 Å². The Labute approximate surface area is 59.9 Å². The largest absolute Gasteiger partial charge is 0.303 e. The summed E-state index contributed by atoms with van der Waals surface area (Å²) in [4.78, 5) is 6.31. The molecule has 0 aromatic heterocycles. The van der Waals surface area contributed by atoms with Gasteiger partial charge in [0, 0.05) is 6.54 Å². The van der Waals surface area contributed by atoms with Crippen molar-refractivity contribution in [2.45, 2.75) is 18.6 Å². The molecule has 1 saturated heterocycles. The van der Waals surface area contributed by atoms with Crippen LogP contribution in [0.4, 0.5) is 4.39 Å². The molecule has 2 atom stereocenters. The molecule has 0 aromatic rings. The SMILES string of the molecule is CN1CCC(F)C1CON. The molecule has 4 heteroatoms. The zero-order valence-electron chi connectivity index (χ0n) is 6.09. The monoisotopic (exact) mass is 148 g/mol. The van der Waals surface area contributed by atoms with E-state index in [1.807, 2.05) is 11.9 Å². The van der Waals surface area contributed by atoms with Crippen LogP contribution in [-0.4, -0.2) is 37.3 Å². The van der Waals surface area contributed by atoms with Gasteiger partial charge in [0.25, 0.3) is 0 Å². The highest BCUT2D eigenvalue weighted by Gasteiger charge is 2.31. The molecule has 1 aliphatic heterocycles. The molecule has 2 N–H and O–H groups in total. The number of rotatable bonds is 2. The third kappa shape index (κ3) is 1.45. The Hall–Kier alpha value is -0.190. The van der Waals surface area contributed by atoms with Gasteiger partial charge in [-0.05, 0) is 13.5 Å². The van der Waals surface area contributed by atoms with Crippen LogP contribution in [0.5, 0.6) is 0 Å². The van der Waals surface area contributed by atoms with Crippen molar-refractivity contribution < 1.29 is 9.23 Å². The first-order chi connectivity index (χ1) is 4.75. The maximum absolute atomic E-state index is 12.8. The highest BCUT2D eigenvalue weighted by atomic mass is 19.1. The maximum Gasteiger partial charge on any atom is 0.119 e. The maximum atomic E-state index is 12.8. The quantitative estimate of drug-likeness (QED) is 0.557. The minimum atomic E-state index is -0.770. The zero-order chi connectivity index (χ0) is 7.56. The van der Waals surface area contributed by atoms with Crippen LogP contribution in [0.2, 0.25) is 0 Å². The molecule has 1 fully saturated rings. The Morgan fingerprint density at radius 3 is 2.90 bits per heavy atom. The molecule has 10 heavy (non-hydrogen) atoms. The fraction of sp³-hybridized carbons (Fsp3) is 1.00. The van der Waals surface area contributed by atoms with E-state index in [0.717, 1.165) is 6.54 Å². The van der Waals surface area contributed by atoms with E-state index in [4.69, 9.17) is 5.90 Å². The summed E-state index contributed by atoms with van der Waals surface area (Å²) in [5.74, 6) is 4.84. The molecule has 3 nitrogen and oxygen atoms in total. The number of nitrogens with zero attached hydrogens (tertiary/aromatic N) is 1. The second-order valence-corrected chi connectivity index (χ2v) is 2.69. The summed E-state index contributed by atoms with van der Waals surface area (Å²) in [5.41, 5.74) is 0. The number of hydrogen-bond acceptors (Lipinski definition) is 3. The molecule has 1 heterocycles. The van der Waals surface area contributed by atoms with Crippen molar-refractivity contribution in [2.75, 3.05) is 20.2 Å². The van der Waals surface area contributed by atoms with Crippen molar-refractivity contribution in [3.05, 3.63) is 0 Å². The summed E-state index contributed by atoms with van der Waals surface area (Å²) < 4.78 is 12.8. The van der Waals surface area contributed by atoms with Gasteiger partial charge in [-0.1, -0.05) is 0 Å². The fourth-order valence-corrected chi connectivity index (χ4v) is 1.29. The summed E-state index contributed by atoms with van der Waals surface area (Å²) in [6.45, 7) is 1.09. The summed E-state index contributed by atoms with van der Waals surface area (Å²) >= 11 is 0. The highest BCUT2D eigenvalue weighted by molar-refractivity contribution is 4.84. The minimum Gasteiger partial charge on any atom is -0.303 e. The van der Waals surface area contributed by atoms with E-state index in [0.29, 0.717) is 6.42 Å². The van der Waals surface area contributed by atoms with Gasteiger partial charge in [-0.3, -0.25) is 4.90 Å². The summed E-state index contributed by atoms with van der Waals surface area (Å²) in [6, 6.07) is -0.134. The van der Waals surface area contributed by atoms with Crippen LogP contribution in [-0.2, 0) is 4.84 Å². The van der Waals surface area contributed by atoms with Gasteiger partial charge >= 0.3 is 0 Å². The van der Waals surface area contributed by atoms with Gasteiger partial charge < -0.3 is 4.84 Å². The van der Waals surface area contributed by atoms with E-state index in [-0.39, 0.29) is 12.6 Å². The van der Waals surface area contributed by atoms with E-state index in [1.165, 1.54) is 0 Å². The van der Waals surface area contributed by atoms with Crippen LogP contribution < -0.4 is 5.90 Å². The van der Waals surface area contributed by atoms with Crippen molar-refractivity contribution in [2.24, 2.45) is 5.90 Å². The predicted molar refractivity (Wildman–Crippen MR) is 36.1 cm³/mol. The first-order valence-electron chi connectivity index (χ1n) is 3.41. The molecular weight excluding hydrogens is 135 g/mol. The summed E-state index contributed by atoms with van der Waals surface area (Å²) in [6.07, 6.45) is -0.168. The van der Waals surface area contributed by atoms with Gasteiger partial charge in [-0.25, -0.2) is 10.3 Å². The van der Waals surface area contributed by atoms with Gasteiger partial charge in [0.05, 0.1) is 12.6 Å². The number of alkyl halides is 1. The van der Waals surface area contributed by atoms with E-state index in [9.17, 15) is 4.39 Å².